The molecule has 3 heteroatoms. The molecule has 16 heavy (non-hydrogen) atoms. The first kappa shape index (κ1) is 10.5. The quantitative estimate of drug-likeness (QED) is 0.788. The zero-order chi connectivity index (χ0) is 11.2. The molecule has 2 aromatic rings. The molecule has 1 N–H and O–H groups in total. The standard InChI is InChI=1S/C13H12N2O/c16-10-11-9-14-12-7-5-3-1-2-4-6-8-13(12)15-11/h1-9,16H,10H2. The van der Waals surface area contributed by atoms with Crippen molar-refractivity contribution in [1.29, 1.82) is 0 Å². The van der Waals surface area contributed by atoms with Gasteiger partial charge < -0.3 is 5.11 Å². The van der Waals surface area contributed by atoms with Crippen LogP contribution >= 0.6 is 0 Å². The first-order chi connectivity index (χ1) is 7.90. The third kappa shape index (κ3) is 2.52. The third-order valence-electron chi connectivity index (χ3n) is 2.10. The van der Waals surface area contributed by atoms with Crippen molar-refractivity contribution in [2.24, 2.45) is 0 Å². The van der Waals surface area contributed by atoms with E-state index in [0.29, 0.717) is 5.69 Å². The Morgan fingerprint density at radius 3 is 2.19 bits per heavy atom. The Bertz CT molecular complexity index is 539. The van der Waals surface area contributed by atoms with Crippen molar-refractivity contribution in [2.45, 2.75) is 6.61 Å². The normalized spacial score (nSPS) is 9.81. The summed E-state index contributed by atoms with van der Waals surface area (Å²) in [7, 11) is 0. The zero-order valence-electron chi connectivity index (χ0n) is 8.74. The second-order valence-electron chi connectivity index (χ2n) is 3.28. The van der Waals surface area contributed by atoms with Crippen LogP contribution in [0.2, 0.25) is 0 Å². The Balaban J connectivity index is 2.70. The molecule has 0 bridgehead atoms. The first-order valence-electron chi connectivity index (χ1n) is 5.05. The second-order valence-corrected chi connectivity index (χ2v) is 3.28. The van der Waals surface area contributed by atoms with Crippen LogP contribution in [-0.2, 0) is 6.61 Å². The average molecular weight is 212 g/mol. The van der Waals surface area contributed by atoms with Crippen molar-refractivity contribution in [1.82, 2.24) is 9.97 Å². The van der Waals surface area contributed by atoms with Gasteiger partial charge in [-0.1, -0.05) is 36.4 Å². The molecule has 0 atom stereocenters. The molecule has 1 aromatic carbocycles. The molecule has 0 aliphatic rings. The smallest absolute Gasteiger partial charge is 0.0891 e. The van der Waals surface area contributed by atoms with E-state index < -0.39 is 0 Å². The van der Waals surface area contributed by atoms with Crippen LogP contribution in [0.5, 0.6) is 0 Å². The van der Waals surface area contributed by atoms with Crippen LogP contribution in [0.4, 0.5) is 0 Å². The Kier molecular flexibility index (Phi) is 3.41. The minimum atomic E-state index is -0.0897. The maximum absolute atomic E-state index is 9.00. The molecule has 2 rings (SSSR count). The summed E-state index contributed by atoms with van der Waals surface area (Å²) in [5.74, 6) is 0. The largest absolute Gasteiger partial charge is 0.390 e. The van der Waals surface area contributed by atoms with Gasteiger partial charge in [-0.05, 0) is 12.1 Å². The van der Waals surface area contributed by atoms with E-state index in [9.17, 15) is 0 Å². The van der Waals surface area contributed by atoms with Gasteiger partial charge in [0.1, 0.15) is 0 Å². The molecule has 0 unspecified atom stereocenters. The van der Waals surface area contributed by atoms with E-state index in [1.807, 2.05) is 48.5 Å². The lowest BCUT2D eigenvalue weighted by molar-refractivity contribution is 0.277. The summed E-state index contributed by atoms with van der Waals surface area (Å²) < 4.78 is 0. The van der Waals surface area contributed by atoms with Gasteiger partial charge in [0, 0.05) is 0 Å². The average Bonchev–Trinajstić information content (AvgIpc) is 2.34. The summed E-state index contributed by atoms with van der Waals surface area (Å²) >= 11 is 0. The van der Waals surface area contributed by atoms with Gasteiger partial charge in [0.15, 0.2) is 0 Å². The number of fused-ring (bicyclic) bond motifs is 1. The maximum Gasteiger partial charge on any atom is 0.0891 e. The molecule has 0 radical (unpaired) electrons. The second kappa shape index (κ2) is 5.19. The monoisotopic (exact) mass is 212 g/mol. The van der Waals surface area contributed by atoms with Crippen LogP contribution in [0.25, 0.3) is 11.0 Å². The Morgan fingerprint density at radius 2 is 1.50 bits per heavy atom. The van der Waals surface area contributed by atoms with Gasteiger partial charge >= 0.3 is 0 Å². The third-order valence-corrected chi connectivity index (χ3v) is 2.10. The molecule has 1 aromatic heterocycles. The fraction of sp³-hybridized carbons (Fsp3) is 0.0769. The molecule has 0 aliphatic carbocycles. The topological polar surface area (TPSA) is 46.0 Å². The van der Waals surface area contributed by atoms with Gasteiger partial charge in [-0.2, -0.15) is 0 Å². The molecular weight excluding hydrogens is 200 g/mol. The summed E-state index contributed by atoms with van der Waals surface area (Å²) in [4.78, 5) is 8.54. The number of hydrogen-bond acceptors (Lipinski definition) is 3. The van der Waals surface area contributed by atoms with Gasteiger partial charge in [-0.15, -0.1) is 0 Å². The van der Waals surface area contributed by atoms with Crippen LogP contribution in [0.15, 0.2) is 54.7 Å². The summed E-state index contributed by atoms with van der Waals surface area (Å²) in [6, 6.07) is 15.3. The maximum atomic E-state index is 9.00. The van der Waals surface area contributed by atoms with Gasteiger partial charge in [0.05, 0.1) is 29.5 Å². The fourth-order valence-electron chi connectivity index (χ4n) is 1.33. The molecule has 80 valence electrons. The molecule has 3 nitrogen and oxygen atoms in total. The molecule has 0 amide bonds. The van der Waals surface area contributed by atoms with Crippen molar-refractivity contribution in [3.05, 3.63) is 60.4 Å². The predicted octanol–water partition coefficient (Wildman–Crippen LogP) is 2.25. The van der Waals surface area contributed by atoms with E-state index in [1.165, 1.54) is 0 Å². The summed E-state index contributed by atoms with van der Waals surface area (Å²) in [6.45, 7) is -0.0897. The Morgan fingerprint density at radius 1 is 0.875 bits per heavy atom. The van der Waals surface area contributed by atoms with Gasteiger partial charge in [0.2, 0.25) is 0 Å². The van der Waals surface area contributed by atoms with Crippen molar-refractivity contribution in [3.8, 4) is 0 Å². The molecule has 0 saturated heterocycles. The number of aliphatic hydroxyl groups excluding tert-OH is 1. The van der Waals surface area contributed by atoms with E-state index in [-0.39, 0.29) is 6.61 Å². The summed E-state index contributed by atoms with van der Waals surface area (Å²) in [6.07, 6.45) is 1.59. The van der Waals surface area contributed by atoms with E-state index in [4.69, 9.17) is 5.11 Å². The fourth-order valence-corrected chi connectivity index (χ4v) is 1.33. The minimum absolute atomic E-state index is 0.0897. The highest BCUT2D eigenvalue weighted by atomic mass is 16.3. The van der Waals surface area contributed by atoms with Crippen molar-refractivity contribution in [3.63, 3.8) is 0 Å². The summed E-state index contributed by atoms with van der Waals surface area (Å²) in [5.41, 5.74) is 2.14. The lowest BCUT2D eigenvalue weighted by Gasteiger charge is -1.96. The highest BCUT2D eigenvalue weighted by Gasteiger charge is 1.94. The number of nitrogens with zero attached hydrogens (tertiary/aromatic N) is 2. The van der Waals surface area contributed by atoms with Crippen LogP contribution in [0, 0.1) is 0 Å². The Labute approximate surface area is 93.8 Å². The van der Waals surface area contributed by atoms with E-state index >= 15 is 0 Å². The van der Waals surface area contributed by atoms with E-state index in [1.54, 1.807) is 6.20 Å². The number of hydrogen-bond donors (Lipinski definition) is 1. The van der Waals surface area contributed by atoms with Gasteiger partial charge in [-0.3, -0.25) is 4.98 Å². The van der Waals surface area contributed by atoms with E-state index in [0.717, 1.165) is 11.0 Å². The number of aromatic nitrogens is 2. The first-order valence-corrected chi connectivity index (χ1v) is 5.05. The predicted molar refractivity (Wildman–Crippen MR) is 63.1 cm³/mol. The van der Waals surface area contributed by atoms with Crippen LogP contribution in [0.1, 0.15) is 5.69 Å². The van der Waals surface area contributed by atoms with Gasteiger partial charge in [0.25, 0.3) is 0 Å². The minimum Gasteiger partial charge on any atom is -0.390 e. The molecular formula is C13H12N2O. The van der Waals surface area contributed by atoms with Crippen molar-refractivity contribution < 1.29 is 5.11 Å². The van der Waals surface area contributed by atoms with Crippen molar-refractivity contribution >= 4 is 11.0 Å². The lowest BCUT2D eigenvalue weighted by atomic mass is 10.3. The molecule has 1 heterocycles. The number of aliphatic hydroxyl groups is 1. The zero-order valence-corrected chi connectivity index (χ0v) is 8.74. The van der Waals surface area contributed by atoms with Crippen LogP contribution < -0.4 is 0 Å². The van der Waals surface area contributed by atoms with E-state index in [2.05, 4.69) is 9.97 Å². The SMILES string of the molecule is OCc1cnc2ccccccccc2n1. The Hall–Kier alpha value is -2.00. The van der Waals surface area contributed by atoms with Crippen LogP contribution in [0.3, 0.4) is 0 Å². The molecule has 0 spiro atoms. The highest BCUT2D eigenvalue weighted by molar-refractivity contribution is 5.72. The van der Waals surface area contributed by atoms with Crippen molar-refractivity contribution in [2.75, 3.05) is 0 Å². The lowest BCUT2D eigenvalue weighted by Crippen LogP contribution is -1.90. The summed E-state index contributed by atoms with van der Waals surface area (Å²) in [5, 5.41) is 9.00. The molecule has 0 saturated carbocycles. The highest BCUT2D eigenvalue weighted by Crippen LogP contribution is 2.05. The molecule has 0 aliphatic heterocycles. The molecule has 0 fully saturated rings. The van der Waals surface area contributed by atoms with Gasteiger partial charge in [-0.25, -0.2) is 4.98 Å². The van der Waals surface area contributed by atoms with Crippen LogP contribution in [-0.4, -0.2) is 15.1 Å². The number of rotatable bonds is 1.